The van der Waals surface area contributed by atoms with Crippen LogP contribution < -0.4 is 16.0 Å². The SMILES string of the molecule is CCCn1nc(-c2ccccc2OCC)cc(C(C)N)c1=O. The lowest BCUT2D eigenvalue weighted by Crippen LogP contribution is -2.29. The number of rotatable bonds is 6. The van der Waals surface area contributed by atoms with Crippen molar-refractivity contribution in [1.29, 1.82) is 0 Å². The first-order valence-electron chi connectivity index (χ1n) is 7.68. The van der Waals surface area contributed by atoms with Crippen molar-refractivity contribution in [2.75, 3.05) is 6.61 Å². The Bertz CT molecular complexity index is 693. The summed E-state index contributed by atoms with van der Waals surface area (Å²) >= 11 is 0. The number of aryl methyl sites for hydroxylation is 1. The van der Waals surface area contributed by atoms with Crippen molar-refractivity contribution in [3.63, 3.8) is 0 Å². The van der Waals surface area contributed by atoms with Crippen molar-refractivity contribution < 1.29 is 4.74 Å². The van der Waals surface area contributed by atoms with E-state index in [0.29, 0.717) is 24.4 Å². The van der Waals surface area contributed by atoms with E-state index in [0.717, 1.165) is 17.7 Å². The number of benzene rings is 1. The molecule has 0 amide bonds. The first-order valence-corrected chi connectivity index (χ1v) is 7.68. The zero-order chi connectivity index (χ0) is 16.1. The van der Waals surface area contributed by atoms with Gasteiger partial charge in [-0.3, -0.25) is 4.79 Å². The van der Waals surface area contributed by atoms with E-state index in [-0.39, 0.29) is 11.6 Å². The minimum absolute atomic E-state index is 0.116. The van der Waals surface area contributed by atoms with Crippen LogP contribution in [0.4, 0.5) is 0 Å². The minimum Gasteiger partial charge on any atom is -0.493 e. The maximum Gasteiger partial charge on any atom is 0.271 e. The average Bonchev–Trinajstić information content (AvgIpc) is 2.50. The molecule has 0 radical (unpaired) electrons. The average molecular weight is 301 g/mol. The van der Waals surface area contributed by atoms with Crippen LogP contribution in [0.3, 0.4) is 0 Å². The van der Waals surface area contributed by atoms with Crippen LogP contribution in [0.5, 0.6) is 5.75 Å². The number of nitrogens with zero attached hydrogens (tertiary/aromatic N) is 2. The topological polar surface area (TPSA) is 70.1 Å². The Hall–Kier alpha value is -2.14. The number of ether oxygens (including phenoxy) is 1. The molecule has 0 fully saturated rings. The van der Waals surface area contributed by atoms with Gasteiger partial charge in [0.2, 0.25) is 0 Å². The summed E-state index contributed by atoms with van der Waals surface area (Å²) in [6.45, 7) is 6.91. The third kappa shape index (κ3) is 3.36. The standard InChI is InChI=1S/C17H23N3O2/c1-4-10-20-17(21)14(12(3)18)11-15(19-20)13-8-6-7-9-16(13)22-5-2/h6-9,11-12H,4-5,10,18H2,1-3H3. The van der Waals surface area contributed by atoms with Crippen LogP contribution in [0.2, 0.25) is 0 Å². The van der Waals surface area contributed by atoms with Gasteiger partial charge in [-0.05, 0) is 38.5 Å². The highest BCUT2D eigenvalue weighted by Crippen LogP contribution is 2.28. The molecule has 0 spiro atoms. The summed E-state index contributed by atoms with van der Waals surface area (Å²) < 4.78 is 7.16. The Morgan fingerprint density at radius 3 is 2.68 bits per heavy atom. The Kier molecular flexibility index (Phi) is 5.33. The summed E-state index contributed by atoms with van der Waals surface area (Å²) in [5.41, 5.74) is 7.99. The van der Waals surface area contributed by atoms with Gasteiger partial charge in [-0.25, -0.2) is 4.68 Å². The molecule has 1 unspecified atom stereocenters. The number of aromatic nitrogens is 2. The third-order valence-electron chi connectivity index (χ3n) is 3.39. The molecule has 0 saturated heterocycles. The molecule has 118 valence electrons. The minimum atomic E-state index is -0.336. The van der Waals surface area contributed by atoms with Crippen LogP contribution in [0.15, 0.2) is 35.1 Å². The molecule has 5 nitrogen and oxygen atoms in total. The quantitative estimate of drug-likeness (QED) is 0.890. The van der Waals surface area contributed by atoms with Gasteiger partial charge in [0.05, 0.1) is 12.3 Å². The van der Waals surface area contributed by atoms with Crippen LogP contribution in [-0.2, 0) is 6.54 Å². The molecular formula is C17H23N3O2. The first kappa shape index (κ1) is 16.2. The summed E-state index contributed by atoms with van der Waals surface area (Å²) in [7, 11) is 0. The number of hydrogen-bond donors (Lipinski definition) is 1. The van der Waals surface area contributed by atoms with Crippen LogP contribution in [0, 0.1) is 0 Å². The Morgan fingerprint density at radius 1 is 1.32 bits per heavy atom. The molecule has 1 atom stereocenters. The fourth-order valence-electron chi connectivity index (χ4n) is 2.34. The predicted molar refractivity (Wildman–Crippen MR) is 88.0 cm³/mol. The van der Waals surface area contributed by atoms with Crippen molar-refractivity contribution >= 4 is 0 Å². The second-order valence-electron chi connectivity index (χ2n) is 5.23. The second kappa shape index (κ2) is 7.22. The summed E-state index contributed by atoms with van der Waals surface area (Å²) in [4.78, 5) is 12.4. The zero-order valence-corrected chi connectivity index (χ0v) is 13.4. The molecule has 1 aromatic carbocycles. The molecule has 22 heavy (non-hydrogen) atoms. The molecular weight excluding hydrogens is 278 g/mol. The normalized spacial score (nSPS) is 12.2. The lowest BCUT2D eigenvalue weighted by molar-refractivity contribution is 0.341. The van der Waals surface area contributed by atoms with Gasteiger partial charge in [0.15, 0.2) is 0 Å². The smallest absolute Gasteiger partial charge is 0.271 e. The number of para-hydroxylation sites is 1. The molecule has 2 rings (SSSR count). The second-order valence-corrected chi connectivity index (χ2v) is 5.23. The lowest BCUT2D eigenvalue weighted by Gasteiger charge is -2.14. The monoisotopic (exact) mass is 301 g/mol. The Balaban J connectivity index is 2.63. The van der Waals surface area contributed by atoms with Crippen molar-refractivity contribution in [2.45, 2.75) is 39.8 Å². The molecule has 0 aliphatic rings. The van der Waals surface area contributed by atoms with Gasteiger partial charge >= 0.3 is 0 Å². The van der Waals surface area contributed by atoms with Crippen LogP contribution >= 0.6 is 0 Å². The van der Waals surface area contributed by atoms with Crippen molar-refractivity contribution in [3.8, 4) is 17.0 Å². The first-order chi connectivity index (χ1) is 10.6. The van der Waals surface area contributed by atoms with Crippen LogP contribution in [-0.4, -0.2) is 16.4 Å². The molecule has 0 aliphatic carbocycles. The highest BCUT2D eigenvalue weighted by Gasteiger charge is 2.15. The van der Waals surface area contributed by atoms with Gasteiger partial charge in [0, 0.05) is 23.7 Å². The summed E-state index contributed by atoms with van der Waals surface area (Å²) in [6.07, 6.45) is 0.835. The van der Waals surface area contributed by atoms with E-state index in [1.165, 1.54) is 4.68 Å². The molecule has 2 aromatic rings. The Morgan fingerprint density at radius 2 is 2.05 bits per heavy atom. The summed E-state index contributed by atoms with van der Waals surface area (Å²) in [6, 6.07) is 9.14. The highest BCUT2D eigenvalue weighted by atomic mass is 16.5. The van der Waals surface area contributed by atoms with Gasteiger partial charge in [-0.15, -0.1) is 0 Å². The van der Waals surface area contributed by atoms with Crippen molar-refractivity contribution in [1.82, 2.24) is 9.78 Å². The van der Waals surface area contributed by atoms with E-state index in [2.05, 4.69) is 5.10 Å². The van der Waals surface area contributed by atoms with E-state index < -0.39 is 0 Å². The fourth-order valence-corrected chi connectivity index (χ4v) is 2.34. The predicted octanol–water partition coefficient (Wildman–Crippen LogP) is 2.74. The highest BCUT2D eigenvalue weighted by molar-refractivity contribution is 5.67. The van der Waals surface area contributed by atoms with Crippen molar-refractivity contribution in [3.05, 3.63) is 46.2 Å². The maximum absolute atomic E-state index is 12.4. The van der Waals surface area contributed by atoms with E-state index in [1.54, 1.807) is 6.07 Å². The number of nitrogens with two attached hydrogens (primary N) is 1. The molecule has 0 bridgehead atoms. The molecule has 1 aromatic heterocycles. The van der Waals surface area contributed by atoms with E-state index in [9.17, 15) is 4.79 Å². The van der Waals surface area contributed by atoms with Gasteiger partial charge in [0.1, 0.15) is 5.75 Å². The molecule has 5 heteroatoms. The number of hydrogen-bond acceptors (Lipinski definition) is 4. The fraction of sp³-hybridized carbons (Fsp3) is 0.412. The zero-order valence-electron chi connectivity index (χ0n) is 13.4. The van der Waals surface area contributed by atoms with Gasteiger partial charge in [-0.1, -0.05) is 19.1 Å². The molecule has 2 N–H and O–H groups in total. The lowest BCUT2D eigenvalue weighted by atomic mass is 10.1. The Labute approximate surface area is 130 Å². The summed E-state index contributed by atoms with van der Waals surface area (Å²) in [5, 5.41) is 4.49. The van der Waals surface area contributed by atoms with Gasteiger partial charge in [0.25, 0.3) is 5.56 Å². The van der Waals surface area contributed by atoms with Gasteiger partial charge < -0.3 is 10.5 Å². The molecule has 0 aliphatic heterocycles. The van der Waals surface area contributed by atoms with E-state index >= 15 is 0 Å². The molecule has 1 heterocycles. The summed E-state index contributed by atoms with van der Waals surface area (Å²) in [5.74, 6) is 0.759. The van der Waals surface area contributed by atoms with Gasteiger partial charge in [-0.2, -0.15) is 5.10 Å². The van der Waals surface area contributed by atoms with Crippen molar-refractivity contribution in [2.24, 2.45) is 5.73 Å². The van der Waals surface area contributed by atoms with Crippen LogP contribution in [0.25, 0.3) is 11.3 Å². The third-order valence-corrected chi connectivity index (χ3v) is 3.39. The largest absolute Gasteiger partial charge is 0.493 e. The van der Waals surface area contributed by atoms with Crippen LogP contribution in [0.1, 0.15) is 38.8 Å². The van der Waals surface area contributed by atoms with E-state index in [4.69, 9.17) is 10.5 Å². The maximum atomic E-state index is 12.4. The van der Waals surface area contributed by atoms with E-state index in [1.807, 2.05) is 45.0 Å². The molecule has 0 saturated carbocycles.